The highest BCUT2D eigenvalue weighted by molar-refractivity contribution is 5.93. The number of nitrogens with two attached hydrogens (primary N) is 1. The topological polar surface area (TPSA) is 67.1 Å². The van der Waals surface area contributed by atoms with Gasteiger partial charge in [-0.25, -0.2) is 4.39 Å². The Morgan fingerprint density at radius 2 is 2.11 bits per heavy atom. The summed E-state index contributed by atoms with van der Waals surface area (Å²) in [6.07, 6.45) is 1.87. The molecule has 1 aromatic carbocycles. The number of anilines is 1. The number of rotatable bonds is 3. The van der Waals surface area contributed by atoms with Crippen LogP contribution in [0.5, 0.6) is 0 Å². The molecular weight excluding hydrogens is 233 g/mol. The predicted octanol–water partition coefficient (Wildman–Crippen LogP) is 1.48. The SMILES string of the molecule is CC1(Nc2ccc(C(N)=O)cc2F)CCNCC1. The number of carbonyl (C=O) groups is 1. The average molecular weight is 251 g/mol. The smallest absolute Gasteiger partial charge is 0.248 e. The molecule has 1 saturated heterocycles. The van der Waals surface area contributed by atoms with E-state index in [1.54, 1.807) is 6.07 Å². The molecule has 1 aromatic rings. The van der Waals surface area contributed by atoms with Gasteiger partial charge in [-0.2, -0.15) is 0 Å². The van der Waals surface area contributed by atoms with Crippen LogP contribution in [0.2, 0.25) is 0 Å². The van der Waals surface area contributed by atoms with Crippen molar-refractivity contribution in [1.82, 2.24) is 5.32 Å². The lowest BCUT2D eigenvalue weighted by Gasteiger charge is -2.36. The number of primary amides is 1. The van der Waals surface area contributed by atoms with E-state index >= 15 is 0 Å². The standard InChI is InChI=1S/C13H18FN3O/c1-13(4-6-16-7-5-13)17-11-3-2-9(12(15)18)8-10(11)14/h2-3,8,16-17H,4-7H2,1H3,(H2,15,18). The molecule has 1 aliphatic heterocycles. The number of benzene rings is 1. The first kappa shape index (κ1) is 12.8. The minimum Gasteiger partial charge on any atom is -0.377 e. The van der Waals surface area contributed by atoms with Crippen LogP contribution in [-0.2, 0) is 0 Å². The number of hydrogen-bond donors (Lipinski definition) is 3. The largest absolute Gasteiger partial charge is 0.377 e. The van der Waals surface area contributed by atoms with Gasteiger partial charge in [-0.15, -0.1) is 0 Å². The van der Waals surface area contributed by atoms with Crippen molar-refractivity contribution in [3.63, 3.8) is 0 Å². The molecule has 2 rings (SSSR count). The van der Waals surface area contributed by atoms with Crippen LogP contribution in [0.15, 0.2) is 18.2 Å². The van der Waals surface area contributed by atoms with Gasteiger partial charge in [-0.1, -0.05) is 0 Å². The fourth-order valence-corrected chi connectivity index (χ4v) is 2.20. The maximum Gasteiger partial charge on any atom is 0.248 e. The molecule has 18 heavy (non-hydrogen) atoms. The maximum absolute atomic E-state index is 13.8. The molecule has 1 heterocycles. The fraction of sp³-hybridized carbons (Fsp3) is 0.462. The summed E-state index contributed by atoms with van der Waals surface area (Å²) in [5.41, 5.74) is 5.61. The predicted molar refractivity (Wildman–Crippen MR) is 69.0 cm³/mol. The Hall–Kier alpha value is -1.62. The van der Waals surface area contributed by atoms with Crippen molar-refractivity contribution in [2.75, 3.05) is 18.4 Å². The minimum atomic E-state index is -0.617. The number of amides is 1. The highest BCUT2D eigenvalue weighted by Gasteiger charge is 2.27. The summed E-state index contributed by atoms with van der Waals surface area (Å²) >= 11 is 0. The molecule has 4 N–H and O–H groups in total. The first-order valence-electron chi connectivity index (χ1n) is 6.08. The first-order valence-corrected chi connectivity index (χ1v) is 6.08. The normalized spacial score (nSPS) is 18.3. The van der Waals surface area contributed by atoms with Gasteiger partial charge < -0.3 is 16.4 Å². The molecule has 0 radical (unpaired) electrons. The summed E-state index contributed by atoms with van der Waals surface area (Å²) in [5, 5.41) is 6.49. The summed E-state index contributed by atoms with van der Waals surface area (Å²) in [6, 6.07) is 4.29. The quantitative estimate of drug-likeness (QED) is 0.762. The number of piperidine rings is 1. The Kier molecular flexibility index (Phi) is 3.52. The van der Waals surface area contributed by atoms with E-state index in [4.69, 9.17) is 5.73 Å². The Morgan fingerprint density at radius 1 is 1.44 bits per heavy atom. The Balaban J connectivity index is 2.16. The van der Waals surface area contributed by atoms with Crippen molar-refractivity contribution in [1.29, 1.82) is 0 Å². The number of halogens is 1. The van der Waals surface area contributed by atoms with E-state index in [1.807, 2.05) is 0 Å². The van der Waals surface area contributed by atoms with Crippen molar-refractivity contribution in [2.24, 2.45) is 5.73 Å². The van der Waals surface area contributed by atoms with Gasteiger partial charge in [0.25, 0.3) is 0 Å². The molecule has 0 saturated carbocycles. The highest BCUT2D eigenvalue weighted by atomic mass is 19.1. The van der Waals surface area contributed by atoms with Crippen LogP contribution < -0.4 is 16.4 Å². The number of carbonyl (C=O) groups excluding carboxylic acids is 1. The Labute approximate surface area is 106 Å². The summed E-state index contributed by atoms with van der Waals surface area (Å²) < 4.78 is 13.8. The van der Waals surface area contributed by atoms with Gasteiger partial charge in [0, 0.05) is 11.1 Å². The van der Waals surface area contributed by atoms with Crippen LogP contribution in [0.1, 0.15) is 30.1 Å². The molecule has 0 spiro atoms. The molecule has 4 nitrogen and oxygen atoms in total. The molecule has 0 aliphatic carbocycles. The number of hydrogen-bond acceptors (Lipinski definition) is 3. The van der Waals surface area contributed by atoms with Crippen LogP contribution in [0.3, 0.4) is 0 Å². The lowest BCUT2D eigenvalue weighted by Crippen LogP contribution is -2.45. The third-order valence-corrected chi connectivity index (χ3v) is 3.40. The van der Waals surface area contributed by atoms with Gasteiger partial charge in [0.1, 0.15) is 5.82 Å². The average Bonchev–Trinajstić information content (AvgIpc) is 2.32. The minimum absolute atomic E-state index is 0.111. The van der Waals surface area contributed by atoms with Gasteiger partial charge >= 0.3 is 0 Å². The van der Waals surface area contributed by atoms with Crippen LogP contribution in [-0.4, -0.2) is 24.5 Å². The molecular formula is C13H18FN3O. The zero-order chi connectivity index (χ0) is 13.2. The second kappa shape index (κ2) is 4.94. The molecule has 0 bridgehead atoms. The molecule has 1 fully saturated rings. The first-order chi connectivity index (χ1) is 8.50. The third-order valence-electron chi connectivity index (χ3n) is 3.40. The number of nitrogens with one attached hydrogen (secondary N) is 2. The van der Waals surface area contributed by atoms with Gasteiger partial charge in [-0.3, -0.25) is 4.79 Å². The van der Waals surface area contributed by atoms with Crippen molar-refractivity contribution >= 4 is 11.6 Å². The van der Waals surface area contributed by atoms with Crippen molar-refractivity contribution in [2.45, 2.75) is 25.3 Å². The maximum atomic E-state index is 13.8. The van der Waals surface area contributed by atoms with E-state index in [2.05, 4.69) is 17.6 Å². The Morgan fingerprint density at radius 3 is 2.67 bits per heavy atom. The highest BCUT2D eigenvalue weighted by Crippen LogP contribution is 2.26. The third kappa shape index (κ3) is 2.79. The summed E-state index contributed by atoms with van der Waals surface area (Å²) in [7, 11) is 0. The molecule has 0 aromatic heterocycles. The van der Waals surface area contributed by atoms with Crippen LogP contribution in [0, 0.1) is 5.82 Å². The zero-order valence-corrected chi connectivity index (χ0v) is 10.4. The summed E-state index contributed by atoms with van der Waals surface area (Å²) in [5.74, 6) is -1.06. The van der Waals surface area contributed by atoms with Gasteiger partial charge in [-0.05, 0) is 51.1 Å². The molecule has 0 atom stereocenters. The lowest BCUT2D eigenvalue weighted by atomic mass is 9.90. The van der Waals surface area contributed by atoms with Gasteiger partial charge in [0.15, 0.2) is 0 Å². The zero-order valence-electron chi connectivity index (χ0n) is 10.4. The Bertz CT molecular complexity index is 456. The van der Waals surface area contributed by atoms with Crippen molar-refractivity contribution in [3.05, 3.63) is 29.6 Å². The van der Waals surface area contributed by atoms with Gasteiger partial charge in [0.05, 0.1) is 5.69 Å². The van der Waals surface area contributed by atoms with E-state index in [0.29, 0.717) is 5.69 Å². The van der Waals surface area contributed by atoms with Gasteiger partial charge in [0.2, 0.25) is 5.91 Å². The van der Waals surface area contributed by atoms with Crippen LogP contribution >= 0.6 is 0 Å². The molecule has 5 heteroatoms. The van der Waals surface area contributed by atoms with E-state index in [1.165, 1.54) is 12.1 Å². The fourth-order valence-electron chi connectivity index (χ4n) is 2.20. The van der Waals surface area contributed by atoms with Crippen molar-refractivity contribution in [3.8, 4) is 0 Å². The molecule has 1 aliphatic rings. The van der Waals surface area contributed by atoms with E-state index in [0.717, 1.165) is 25.9 Å². The van der Waals surface area contributed by atoms with E-state index in [-0.39, 0.29) is 11.1 Å². The lowest BCUT2D eigenvalue weighted by molar-refractivity contribution is 0.1000. The van der Waals surface area contributed by atoms with E-state index in [9.17, 15) is 9.18 Å². The molecule has 1 amide bonds. The monoisotopic (exact) mass is 251 g/mol. The van der Waals surface area contributed by atoms with Crippen LogP contribution in [0.25, 0.3) is 0 Å². The molecule has 98 valence electrons. The molecule has 0 unspecified atom stereocenters. The summed E-state index contributed by atoms with van der Waals surface area (Å²) in [4.78, 5) is 10.9. The van der Waals surface area contributed by atoms with E-state index < -0.39 is 11.7 Å². The summed E-state index contributed by atoms with van der Waals surface area (Å²) in [6.45, 7) is 3.92. The second-order valence-electron chi connectivity index (χ2n) is 4.99. The van der Waals surface area contributed by atoms with Crippen molar-refractivity contribution < 1.29 is 9.18 Å². The second-order valence-corrected chi connectivity index (χ2v) is 4.99. The van der Waals surface area contributed by atoms with Crippen LogP contribution in [0.4, 0.5) is 10.1 Å².